The van der Waals surface area contributed by atoms with Gasteiger partial charge in [0.1, 0.15) is 12.6 Å². The number of hydrogen-bond acceptors (Lipinski definition) is 4. The van der Waals surface area contributed by atoms with Crippen LogP contribution < -0.4 is 9.62 Å². The van der Waals surface area contributed by atoms with Crippen LogP contribution in [0.5, 0.6) is 0 Å². The van der Waals surface area contributed by atoms with E-state index in [9.17, 15) is 18.0 Å². The van der Waals surface area contributed by atoms with Gasteiger partial charge < -0.3 is 10.2 Å². The Morgan fingerprint density at radius 2 is 1.38 bits per heavy atom. The minimum absolute atomic E-state index is 0.00731. The topological polar surface area (TPSA) is 86.8 Å². The highest BCUT2D eigenvalue weighted by Gasteiger charge is 2.35. The number of benzene rings is 4. The zero-order valence-corrected chi connectivity index (χ0v) is 28.0. The monoisotopic (exact) mass is 665 g/mol. The number of hydrogen-bond donors (Lipinski definition) is 1. The van der Waals surface area contributed by atoms with Crippen molar-refractivity contribution in [2.75, 3.05) is 10.8 Å². The van der Waals surface area contributed by atoms with Gasteiger partial charge >= 0.3 is 0 Å². The Morgan fingerprint density at radius 1 is 0.800 bits per heavy atom. The van der Waals surface area contributed by atoms with Crippen LogP contribution >= 0.6 is 23.2 Å². The van der Waals surface area contributed by atoms with Crippen LogP contribution in [0.3, 0.4) is 0 Å². The Labute approximate surface area is 275 Å². The lowest BCUT2D eigenvalue weighted by atomic mass is 10.0. The van der Waals surface area contributed by atoms with Gasteiger partial charge in [-0.3, -0.25) is 13.9 Å². The number of halogens is 2. The maximum absolute atomic E-state index is 14.5. The highest BCUT2D eigenvalue weighted by molar-refractivity contribution is 7.92. The van der Waals surface area contributed by atoms with Crippen molar-refractivity contribution >= 4 is 50.7 Å². The number of aryl methyl sites for hydroxylation is 1. The standard InChI is InChI=1S/C35H37Cl2N3O4S/c1-25-15-18-29(19-16-25)45(43,44)40(28-17-20-30(36)31(37)22-28)24-33(41)39(23-27-13-9-6-10-14-27)32(34(42)38-35(2,3)4)21-26-11-7-5-8-12-26/h5-20,22,32H,21,23-24H2,1-4H3,(H,38,42)/t32-/m0/s1. The van der Waals surface area contributed by atoms with E-state index in [1.54, 1.807) is 12.1 Å². The molecule has 2 amide bonds. The summed E-state index contributed by atoms with van der Waals surface area (Å²) in [6, 6.07) is 28.5. The third-order valence-corrected chi connectivity index (χ3v) is 9.57. The van der Waals surface area contributed by atoms with Crippen LogP contribution in [0.1, 0.15) is 37.5 Å². The Hall–Kier alpha value is -3.85. The molecular formula is C35H37Cl2N3O4S. The van der Waals surface area contributed by atoms with Gasteiger partial charge in [-0.1, -0.05) is 102 Å². The molecule has 0 heterocycles. The fourth-order valence-corrected chi connectivity index (χ4v) is 6.49. The lowest BCUT2D eigenvalue weighted by molar-refractivity contribution is -0.140. The lowest BCUT2D eigenvalue weighted by Crippen LogP contribution is -2.56. The molecule has 45 heavy (non-hydrogen) atoms. The van der Waals surface area contributed by atoms with Gasteiger partial charge in [-0.2, -0.15) is 0 Å². The predicted molar refractivity (Wildman–Crippen MR) is 181 cm³/mol. The molecule has 7 nitrogen and oxygen atoms in total. The summed E-state index contributed by atoms with van der Waals surface area (Å²) in [5.41, 5.74) is 2.11. The number of anilines is 1. The molecule has 0 bridgehead atoms. The summed E-state index contributed by atoms with van der Waals surface area (Å²) in [6.45, 7) is 6.95. The van der Waals surface area contributed by atoms with E-state index in [1.165, 1.54) is 35.2 Å². The molecule has 1 atom stereocenters. The quantitative estimate of drug-likeness (QED) is 0.186. The molecule has 0 saturated heterocycles. The van der Waals surface area contributed by atoms with Crippen LogP contribution in [0.25, 0.3) is 0 Å². The van der Waals surface area contributed by atoms with Crippen molar-refractivity contribution < 1.29 is 18.0 Å². The molecule has 0 aliphatic heterocycles. The van der Waals surface area contributed by atoms with Crippen LogP contribution in [0.15, 0.2) is 108 Å². The molecule has 0 radical (unpaired) electrons. The van der Waals surface area contributed by atoms with Crippen LogP contribution in [-0.4, -0.2) is 43.3 Å². The van der Waals surface area contributed by atoms with E-state index in [0.29, 0.717) is 0 Å². The zero-order chi connectivity index (χ0) is 32.8. The maximum Gasteiger partial charge on any atom is 0.264 e. The number of amides is 2. The first kappa shape index (κ1) is 34.0. The van der Waals surface area contributed by atoms with Gasteiger partial charge in [0.2, 0.25) is 11.8 Å². The molecule has 4 aromatic rings. The second-order valence-electron chi connectivity index (χ2n) is 11.9. The molecule has 0 saturated carbocycles. The van der Waals surface area contributed by atoms with Gasteiger partial charge in [0.05, 0.1) is 20.6 Å². The summed E-state index contributed by atoms with van der Waals surface area (Å²) in [5.74, 6) is -0.913. The van der Waals surface area contributed by atoms with E-state index in [4.69, 9.17) is 23.2 Å². The first-order chi connectivity index (χ1) is 21.2. The molecular weight excluding hydrogens is 629 g/mol. The van der Waals surface area contributed by atoms with Gasteiger partial charge in [0.15, 0.2) is 0 Å². The summed E-state index contributed by atoms with van der Waals surface area (Å²) in [7, 11) is -4.25. The predicted octanol–water partition coefficient (Wildman–Crippen LogP) is 7.05. The summed E-state index contributed by atoms with van der Waals surface area (Å²) in [5, 5.41) is 3.40. The molecule has 0 unspecified atom stereocenters. The number of nitrogens with one attached hydrogen (secondary N) is 1. The zero-order valence-electron chi connectivity index (χ0n) is 25.7. The van der Waals surface area contributed by atoms with E-state index >= 15 is 0 Å². The Morgan fingerprint density at radius 3 is 1.93 bits per heavy atom. The molecule has 0 aromatic heterocycles. The van der Waals surface area contributed by atoms with Crippen molar-refractivity contribution in [3.8, 4) is 0 Å². The van der Waals surface area contributed by atoms with Crippen LogP contribution in [0.4, 0.5) is 5.69 Å². The van der Waals surface area contributed by atoms with E-state index in [-0.39, 0.29) is 39.5 Å². The number of sulfonamides is 1. The average Bonchev–Trinajstić information content (AvgIpc) is 2.99. The summed E-state index contributed by atoms with van der Waals surface area (Å²) < 4.78 is 29.3. The smallest absolute Gasteiger partial charge is 0.264 e. The number of rotatable bonds is 11. The first-order valence-corrected chi connectivity index (χ1v) is 16.7. The number of carbonyl (C=O) groups is 2. The minimum Gasteiger partial charge on any atom is -0.350 e. The molecule has 0 aliphatic rings. The highest BCUT2D eigenvalue weighted by atomic mass is 35.5. The Bertz CT molecular complexity index is 1730. The minimum atomic E-state index is -4.25. The van der Waals surface area contributed by atoms with Crippen molar-refractivity contribution in [1.29, 1.82) is 0 Å². The third kappa shape index (κ3) is 9.10. The second kappa shape index (κ2) is 14.5. The highest BCUT2D eigenvalue weighted by Crippen LogP contribution is 2.31. The van der Waals surface area contributed by atoms with Gasteiger partial charge in [-0.05, 0) is 69.2 Å². The SMILES string of the molecule is Cc1ccc(S(=O)(=O)N(CC(=O)N(Cc2ccccc2)[C@@H](Cc2ccccc2)C(=O)NC(C)(C)C)c2ccc(Cl)c(Cl)c2)cc1. The normalized spacial score (nSPS) is 12.3. The molecule has 4 aromatic carbocycles. The number of carbonyl (C=O) groups excluding carboxylic acids is 2. The van der Waals surface area contributed by atoms with Crippen molar-refractivity contribution in [2.45, 2.75) is 57.1 Å². The molecule has 0 spiro atoms. The molecule has 4 rings (SSSR count). The van der Waals surface area contributed by atoms with Gasteiger partial charge in [-0.25, -0.2) is 8.42 Å². The Balaban J connectivity index is 1.82. The van der Waals surface area contributed by atoms with Gasteiger partial charge in [0, 0.05) is 18.5 Å². The van der Waals surface area contributed by atoms with Crippen LogP contribution in [0, 0.1) is 6.92 Å². The average molecular weight is 667 g/mol. The fraction of sp³-hybridized carbons (Fsp3) is 0.257. The maximum atomic E-state index is 14.5. The molecule has 0 aliphatic carbocycles. The van der Waals surface area contributed by atoms with Crippen molar-refractivity contribution in [1.82, 2.24) is 10.2 Å². The van der Waals surface area contributed by atoms with Crippen LogP contribution in [0.2, 0.25) is 10.0 Å². The van der Waals surface area contributed by atoms with Gasteiger partial charge in [0.25, 0.3) is 10.0 Å². The lowest BCUT2D eigenvalue weighted by Gasteiger charge is -2.35. The molecule has 236 valence electrons. The van der Waals surface area contributed by atoms with Gasteiger partial charge in [-0.15, -0.1) is 0 Å². The molecule has 0 fully saturated rings. The number of nitrogens with zero attached hydrogens (tertiary/aromatic N) is 2. The largest absolute Gasteiger partial charge is 0.350 e. The Kier molecular flexibility index (Phi) is 11.0. The van der Waals surface area contributed by atoms with Crippen LogP contribution in [-0.2, 0) is 32.6 Å². The van der Waals surface area contributed by atoms with E-state index in [1.807, 2.05) is 88.4 Å². The van der Waals surface area contributed by atoms with Crippen molar-refractivity contribution in [3.63, 3.8) is 0 Å². The van der Waals surface area contributed by atoms with Crippen molar-refractivity contribution in [2.24, 2.45) is 0 Å². The second-order valence-corrected chi connectivity index (χ2v) is 14.6. The molecule has 1 N–H and O–H groups in total. The van der Waals surface area contributed by atoms with E-state index < -0.39 is 34.1 Å². The van der Waals surface area contributed by atoms with E-state index in [0.717, 1.165) is 21.0 Å². The van der Waals surface area contributed by atoms with Crippen molar-refractivity contribution in [3.05, 3.63) is 130 Å². The summed E-state index contributed by atoms with van der Waals surface area (Å²) >= 11 is 12.5. The summed E-state index contributed by atoms with van der Waals surface area (Å²) in [6.07, 6.45) is 0.221. The third-order valence-electron chi connectivity index (χ3n) is 7.04. The summed E-state index contributed by atoms with van der Waals surface area (Å²) in [4.78, 5) is 29.9. The fourth-order valence-electron chi connectivity index (χ4n) is 4.79. The first-order valence-electron chi connectivity index (χ1n) is 14.5. The molecule has 10 heteroatoms. The van der Waals surface area contributed by atoms with E-state index in [2.05, 4.69) is 5.32 Å².